The summed E-state index contributed by atoms with van der Waals surface area (Å²) >= 11 is 0. The van der Waals surface area contributed by atoms with Crippen LogP contribution < -0.4 is 0 Å². The molecule has 1 aliphatic rings. The molecule has 1 heterocycles. The molecule has 11 heavy (non-hydrogen) atoms. The van der Waals surface area contributed by atoms with Crippen molar-refractivity contribution in [2.45, 2.75) is 0 Å². The summed E-state index contributed by atoms with van der Waals surface area (Å²) in [5.74, 6) is -0.394. The van der Waals surface area contributed by atoms with E-state index >= 15 is 0 Å². The largest absolute Gasteiger partial charge is 0.482 e. The fraction of sp³-hybridized carbons (Fsp3) is 0.429. The SMILES string of the molecule is C1=NCCO1.C=CC(=O)OC. The molecule has 0 amide bonds. The Hall–Kier alpha value is -1.32. The van der Waals surface area contributed by atoms with Gasteiger partial charge >= 0.3 is 5.97 Å². The first kappa shape index (κ1) is 9.68. The van der Waals surface area contributed by atoms with Crippen molar-refractivity contribution >= 4 is 12.4 Å². The number of ether oxygens (including phenoxy) is 2. The van der Waals surface area contributed by atoms with Gasteiger partial charge in [-0.2, -0.15) is 0 Å². The molecule has 0 fully saturated rings. The molecule has 0 aliphatic carbocycles. The van der Waals surface area contributed by atoms with Gasteiger partial charge in [0.1, 0.15) is 6.61 Å². The van der Waals surface area contributed by atoms with Crippen LogP contribution in [0.4, 0.5) is 0 Å². The number of esters is 1. The second-order valence-electron chi connectivity index (χ2n) is 1.61. The summed E-state index contributed by atoms with van der Waals surface area (Å²) in [6, 6.07) is 0. The van der Waals surface area contributed by atoms with Crippen LogP contribution in [0.1, 0.15) is 0 Å². The summed E-state index contributed by atoms with van der Waals surface area (Å²) in [7, 11) is 1.31. The summed E-state index contributed by atoms with van der Waals surface area (Å²) < 4.78 is 8.80. The fourth-order valence-corrected chi connectivity index (χ4v) is 0.347. The zero-order valence-electron chi connectivity index (χ0n) is 6.45. The van der Waals surface area contributed by atoms with Crippen molar-refractivity contribution < 1.29 is 14.3 Å². The molecule has 0 atom stereocenters. The number of hydrogen-bond donors (Lipinski definition) is 0. The number of carbonyl (C=O) groups is 1. The Balaban J connectivity index is 0.000000183. The highest BCUT2D eigenvalue weighted by molar-refractivity contribution is 5.80. The lowest BCUT2D eigenvalue weighted by Crippen LogP contribution is -1.91. The van der Waals surface area contributed by atoms with E-state index in [9.17, 15) is 4.79 Å². The van der Waals surface area contributed by atoms with Crippen LogP contribution in [0.2, 0.25) is 0 Å². The van der Waals surface area contributed by atoms with E-state index in [2.05, 4.69) is 21.0 Å². The van der Waals surface area contributed by atoms with Gasteiger partial charge in [0.25, 0.3) is 0 Å². The van der Waals surface area contributed by atoms with Crippen LogP contribution >= 0.6 is 0 Å². The first-order chi connectivity index (χ1) is 5.31. The molecule has 0 N–H and O–H groups in total. The van der Waals surface area contributed by atoms with Gasteiger partial charge in [0.05, 0.1) is 13.7 Å². The Morgan fingerprint density at radius 2 is 2.64 bits per heavy atom. The molecular weight excluding hydrogens is 146 g/mol. The van der Waals surface area contributed by atoms with E-state index in [-0.39, 0.29) is 0 Å². The van der Waals surface area contributed by atoms with Gasteiger partial charge < -0.3 is 9.47 Å². The fourth-order valence-electron chi connectivity index (χ4n) is 0.347. The second kappa shape index (κ2) is 6.80. The predicted octanol–water partition coefficient (Wildman–Crippen LogP) is 0.390. The van der Waals surface area contributed by atoms with Gasteiger partial charge in [0.15, 0.2) is 6.40 Å². The summed E-state index contributed by atoms with van der Waals surface area (Å²) in [5, 5.41) is 0. The van der Waals surface area contributed by atoms with Gasteiger partial charge in [-0.1, -0.05) is 6.58 Å². The van der Waals surface area contributed by atoms with E-state index in [0.29, 0.717) is 0 Å². The zero-order chi connectivity index (χ0) is 8.53. The van der Waals surface area contributed by atoms with Crippen LogP contribution in [0.3, 0.4) is 0 Å². The molecule has 62 valence electrons. The van der Waals surface area contributed by atoms with E-state index < -0.39 is 5.97 Å². The minimum absolute atomic E-state index is 0.394. The van der Waals surface area contributed by atoms with Gasteiger partial charge in [-0.25, -0.2) is 4.79 Å². The summed E-state index contributed by atoms with van der Waals surface area (Å²) in [6.07, 6.45) is 2.60. The third-order valence-corrected chi connectivity index (χ3v) is 0.855. The highest BCUT2D eigenvalue weighted by Gasteiger charge is 1.84. The number of aliphatic imine (C=N–C) groups is 1. The molecule has 1 aliphatic heterocycles. The molecule has 4 nitrogen and oxygen atoms in total. The van der Waals surface area contributed by atoms with Crippen molar-refractivity contribution in [1.29, 1.82) is 0 Å². The lowest BCUT2D eigenvalue weighted by molar-refractivity contribution is -0.134. The van der Waals surface area contributed by atoms with Crippen LogP contribution in [-0.4, -0.2) is 32.6 Å². The molecule has 0 saturated carbocycles. The molecule has 4 heteroatoms. The Morgan fingerprint density at radius 1 is 1.91 bits per heavy atom. The molecular formula is C7H11NO3. The predicted molar refractivity (Wildman–Crippen MR) is 41.5 cm³/mol. The Morgan fingerprint density at radius 3 is 2.73 bits per heavy atom. The Kier molecular flexibility index (Phi) is 5.98. The summed E-state index contributed by atoms with van der Waals surface area (Å²) in [6.45, 7) is 4.78. The van der Waals surface area contributed by atoms with Crippen molar-refractivity contribution in [3.63, 3.8) is 0 Å². The monoisotopic (exact) mass is 157 g/mol. The van der Waals surface area contributed by atoms with Crippen LogP contribution in [0.25, 0.3) is 0 Å². The van der Waals surface area contributed by atoms with Crippen molar-refractivity contribution in [2.75, 3.05) is 20.3 Å². The maximum Gasteiger partial charge on any atom is 0.329 e. The van der Waals surface area contributed by atoms with Crippen LogP contribution in [0.5, 0.6) is 0 Å². The van der Waals surface area contributed by atoms with E-state index in [4.69, 9.17) is 0 Å². The average molecular weight is 157 g/mol. The molecule has 0 bridgehead atoms. The lowest BCUT2D eigenvalue weighted by atomic mass is 10.7. The molecule has 0 aromatic rings. The normalized spacial score (nSPS) is 12.5. The highest BCUT2D eigenvalue weighted by Crippen LogP contribution is 1.78. The third kappa shape index (κ3) is 6.57. The number of carbonyl (C=O) groups excluding carboxylic acids is 1. The minimum atomic E-state index is -0.394. The van der Waals surface area contributed by atoms with Crippen molar-refractivity contribution in [3.8, 4) is 0 Å². The van der Waals surface area contributed by atoms with E-state index in [1.54, 1.807) is 0 Å². The van der Waals surface area contributed by atoms with Crippen molar-refractivity contribution in [2.24, 2.45) is 4.99 Å². The lowest BCUT2D eigenvalue weighted by Gasteiger charge is -1.83. The van der Waals surface area contributed by atoms with Gasteiger partial charge in [-0.15, -0.1) is 0 Å². The molecule has 1 rings (SSSR count). The third-order valence-electron chi connectivity index (χ3n) is 0.855. The first-order valence-electron chi connectivity index (χ1n) is 3.11. The van der Waals surface area contributed by atoms with Crippen LogP contribution in [0.15, 0.2) is 17.6 Å². The van der Waals surface area contributed by atoms with E-state index in [1.165, 1.54) is 13.5 Å². The van der Waals surface area contributed by atoms with Crippen molar-refractivity contribution in [3.05, 3.63) is 12.7 Å². The Bertz CT molecular complexity index is 148. The summed E-state index contributed by atoms with van der Waals surface area (Å²) in [5.41, 5.74) is 0. The molecule has 0 aromatic heterocycles. The van der Waals surface area contributed by atoms with Crippen LogP contribution in [-0.2, 0) is 14.3 Å². The zero-order valence-corrected chi connectivity index (χ0v) is 6.45. The van der Waals surface area contributed by atoms with Gasteiger partial charge in [-0.05, 0) is 0 Å². The number of hydrogen-bond acceptors (Lipinski definition) is 4. The molecule has 0 radical (unpaired) electrons. The standard InChI is InChI=1S/C4H6O2.C3H5NO/c1-3-4(5)6-2;1-2-5-3-4-1/h3H,1H2,2H3;3H,1-2H2. The maximum atomic E-state index is 9.84. The number of methoxy groups -OCH3 is 1. The second-order valence-corrected chi connectivity index (χ2v) is 1.61. The van der Waals surface area contributed by atoms with E-state index in [1.807, 2.05) is 0 Å². The maximum absolute atomic E-state index is 9.84. The molecule has 0 aromatic carbocycles. The summed E-state index contributed by atoms with van der Waals surface area (Å²) in [4.78, 5) is 13.6. The van der Waals surface area contributed by atoms with Crippen molar-refractivity contribution in [1.82, 2.24) is 0 Å². The molecule has 0 saturated heterocycles. The van der Waals surface area contributed by atoms with Gasteiger partial charge in [0, 0.05) is 6.08 Å². The van der Waals surface area contributed by atoms with Gasteiger partial charge in [0.2, 0.25) is 0 Å². The minimum Gasteiger partial charge on any atom is -0.482 e. The van der Waals surface area contributed by atoms with Gasteiger partial charge in [-0.3, -0.25) is 4.99 Å². The number of rotatable bonds is 1. The highest BCUT2D eigenvalue weighted by atomic mass is 16.5. The Labute approximate surface area is 65.5 Å². The quantitative estimate of drug-likeness (QED) is 0.408. The van der Waals surface area contributed by atoms with Crippen LogP contribution in [0, 0.1) is 0 Å². The molecule has 0 unspecified atom stereocenters. The molecule has 0 spiro atoms. The van der Waals surface area contributed by atoms with E-state index in [0.717, 1.165) is 19.2 Å². The topological polar surface area (TPSA) is 47.9 Å². The first-order valence-corrected chi connectivity index (χ1v) is 3.11. The smallest absolute Gasteiger partial charge is 0.329 e. The number of nitrogens with zero attached hydrogens (tertiary/aromatic N) is 1. The average Bonchev–Trinajstić information content (AvgIpc) is 2.60.